The van der Waals surface area contributed by atoms with Gasteiger partial charge in [-0.05, 0) is 0 Å². The quantitative estimate of drug-likeness (QED) is 0.353. The Hall–Kier alpha value is -2.02. The molecule has 0 heterocycles. The van der Waals surface area contributed by atoms with Gasteiger partial charge < -0.3 is 10.1 Å². The Morgan fingerprint density at radius 1 is 1.44 bits per heavy atom. The molecule has 1 N–H and O–H groups in total. The molecule has 0 aliphatic carbocycles. The zero-order valence-corrected chi connectivity index (χ0v) is 9.49. The van der Waals surface area contributed by atoms with E-state index < -0.39 is 27.9 Å². The van der Waals surface area contributed by atoms with Crippen LogP contribution in [0.4, 0.5) is 20.2 Å². The van der Waals surface area contributed by atoms with Crippen molar-refractivity contribution in [3.8, 4) is 0 Å². The fourth-order valence-electron chi connectivity index (χ4n) is 1.25. The van der Waals surface area contributed by atoms with Crippen LogP contribution in [0.1, 0.15) is 0 Å². The van der Waals surface area contributed by atoms with Crippen molar-refractivity contribution in [3.63, 3.8) is 0 Å². The molecular weight excluding hydrogens is 246 g/mol. The lowest BCUT2D eigenvalue weighted by Gasteiger charge is -2.08. The fourth-order valence-corrected chi connectivity index (χ4v) is 1.25. The number of nitrogens with one attached hydrogen (secondary N) is 1. The Balaban J connectivity index is 2.66. The SMILES string of the molecule is C=CCOCCNc1c(F)cc([N+](=O)[O-])cc1F. The van der Waals surface area contributed by atoms with Gasteiger partial charge in [0.2, 0.25) is 0 Å². The van der Waals surface area contributed by atoms with E-state index in [4.69, 9.17) is 4.74 Å². The van der Waals surface area contributed by atoms with Crippen LogP contribution in [0, 0.1) is 21.7 Å². The molecule has 0 atom stereocenters. The van der Waals surface area contributed by atoms with Crippen LogP contribution in [0.5, 0.6) is 0 Å². The monoisotopic (exact) mass is 258 g/mol. The molecule has 5 nitrogen and oxygen atoms in total. The van der Waals surface area contributed by atoms with Crippen LogP contribution >= 0.6 is 0 Å². The Bertz CT molecular complexity index is 429. The molecule has 0 aromatic heterocycles. The molecular formula is C11H12F2N2O3. The predicted molar refractivity (Wildman–Crippen MR) is 62.5 cm³/mol. The molecule has 18 heavy (non-hydrogen) atoms. The van der Waals surface area contributed by atoms with E-state index in [-0.39, 0.29) is 13.2 Å². The first-order valence-electron chi connectivity index (χ1n) is 5.12. The third-order valence-corrected chi connectivity index (χ3v) is 2.02. The van der Waals surface area contributed by atoms with Crippen molar-refractivity contribution in [3.05, 3.63) is 46.5 Å². The maximum atomic E-state index is 13.4. The van der Waals surface area contributed by atoms with E-state index >= 15 is 0 Å². The van der Waals surface area contributed by atoms with Crippen molar-refractivity contribution in [1.82, 2.24) is 0 Å². The van der Waals surface area contributed by atoms with Gasteiger partial charge in [-0.25, -0.2) is 8.78 Å². The van der Waals surface area contributed by atoms with Crippen LogP contribution in [0.15, 0.2) is 24.8 Å². The number of nitrogens with zero attached hydrogens (tertiary/aromatic N) is 1. The summed E-state index contributed by atoms with van der Waals surface area (Å²) in [5.41, 5.74) is -1.03. The number of nitro groups is 1. The molecule has 0 saturated carbocycles. The average Bonchev–Trinajstić information content (AvgIpc) is 2.31. The molecule has 1 aromatic carbocycles. The predicted octanol–water partition coefficient (Wildman–Crippen LogP) is 2.49. The fraction of sp³-hybridized carbons (Fsp3) is 0.273. The first-order chi connectivity index (χ1) is 8.56. The third kappa shape index (κ3) is 3.77. The number of hydrogen-bond acceptors (Lipinski definition) is 4. The summed E-state index contributed by atoms with van der Waals surface area (Å²) in [5.74, 6) is -2.02. The Kier molecular flexibility index (Phi) is 5.19. The van der Waals surface area contributed by atoms with Gasteiger partial charge in [0.25, 0.3) is 5.69 Å². The van der Waals surface area contributed by atoms with Crippen molar-refractivity contribution in [2.45, 2.75) is 0 Å². The van der Waals surface area contributed by atoms with E-state index in [2.05, 4.69) is 11.9 Å². The number of non-ortho nitro benzene ring substituents is 1. The van der Waals surface area contributed by atoms with E-state index in [1.54, 1.807) is 6.08 Å². The van der Waals surface area contributed by atoms with Gasteiger partial charge in [-0.3, -0.25) is 10.1 Å². The molecule has 0 aliphatic heterocycles. The molecule has 0 spiro atoms. The lowest BCUT2D eigenvalue weighted by molar-refractivity contribution is -0.385. The van der Waals surface area contributed by atoms with Gasteiger partial charge in [0.1, 0.15) is 5.69 Å². The Morgan fingerprint density at radius 3 is 2.56 bits per heavy atom. The second-order valence-electron chi connectivity index (χ2n) is 3.33. The number of benzene rings is 1. The van der Waals surface area contributed by atoms with Crippen molar-refractivity contribution in [1.29, 1.82) is 0 Å². The zero-order chi connectivity index (χ0) is 13.5. The van der Waals surface area contributed by atoms with E-state index in [1.807, 2.05) is 0 Å². The molecule has 0 bridgehead atoms. The molecule has 98 valence electrons. The second-order valence-corrected chi connectivity index (χ2v) is 3.33. The van der Waals surface area contributed by atoms with Crippen LogP contribution < -0.4 is 5.32 Å². The first kappa shape index (κ1) is 14.0. The van der Waals surface area contributed by atoms with Crippen LogP contribution in [-0.4, -0.2) is 24.7 Å². The summed E-state index contributed by atoms with van der Waals surface area (Å²) in [4.78, 5) is 9.51. The molecule has 0 radical (unpaired) electrons. The lowest BCUT2D eigenvalue weighted by atomic mass is 10.2. The van der Waals surface area contributed by atoms with Gasteiger partial charge in [-0.2, -0.15) is 0 Å². The largest absolute Gasteiger partial charge is 0.378 e. The molecule has 0 aliphatic rings. The summed E-state index contributed by atoms with van der Waals surface area (Å²) in [7, 11) is 0. The second kappa shape index (κ2) is 6.65. The standard InChI is InChI=1S/C11H12F2N2O3/c1-2-4-18-5-3-14-11-9(12)6-8(15(16)17)7-10(11)13/h2,6-7,14H,1,3-5H2. The van der Waals surface area contributed by atoms with Crippen molar-refractivity contribution < 1.29 is 18.4 Å². The summed E-state index contributed by atoms with van der Waals surface area (Å²) in [6, 6.07) is 1.33. The minimum absolute atomic E-state index is 0.180. The van der Waals surface area contributed by atoms with Gasteiger partial charge in [0, 0.05) is 6.54 Å². The number of anilines is 1. The molecule has 7 heteroatoms. The normalized spacial score (nSPS) is 10.1. The maximum absolute atomic E-state index is 13.4. The van der Waals surface area contributed by atoms with Gasteiger partial charge in [-0.15, -0.1) is 6.58 Å². The van der Waals surface area contributed by atoms with Crippen LogP contribution in [0.2, 0.25) is 0 Å². The average molecular weight is 258 g/mol. The number of halogens is 2. The zero-order valence-electron chi connectivity index (χ0n) is 9.49. The summed E-state index contributed by atoms with van der Waals surface area (Å²) < 4.78 is 31.8. The highest BCUT2D eigenvalue weighted by molar-refractivity contribution is 5.51. The van der Waals surface area contributed by atoms with E-state index in [0.717, 1.165) is 0 Å². The van der Waals surface area contributed by atoms with Crippen molar-refractivity contribution in [2.24, 2.45) is 0 Å². The molecule has 1 aromatic rings. The number of rotatable bonds is 7. The van der Waals surface area contributed by atoms with Crippen LogP contribution in [0.25, 0.3) is 0 Å². The highest BCUT2D eigenvalue weighted by atomic mass is 19.1. The Morgan fingerprint density at radius 2 is 2.06 bits per heavy atom. The minimum Gasteiger partial charge on any atom is -0.378 e. The Labute approximate surface area is 102 Å². The molecule has 0 saturated heterocycles. The smallest absolute Gasteiger partial charge is 0.275 e. The lowest BCUT2D eigenvalue weighted by Crippen LogP contribution is -2.12. The first-order valence-corrected chi connectivity index (χ1v) is 5.12. The van der Waals surface area contributed by atoms with Gasteiger partial charge in [0.15, 0.2) is 11.6 Å². The van der Waals surface area contributed by atoms with E-state index in [0.29, 0.717) is 18.7 Å². The molecule has 1 rings (SSSR count). The van der Waals surface area contributed by atoms with E-state index in [1.165, 1.54) is 0 Å². The van der Waals surface area contributed by atoms with Gasteiger partial charge in [0.05, 0.1) is 30.3 Å². The van der Waals surface area contributed by atoms with E-state index in [9.17, 15) is 18.9 Å². The van der Waals surface area contributed by atoms with Crippen LogP contribution in [0.3, 0.4) is 0 Å². The summed E-state index contributed by atoms with van der Waals surface area (Å²) >= 11 is 0. The highest BCUT2D eigenvalue weighted by Gasteiger charge is 2.16. The molecule has 0 fully saturated rings. The third-order valence-electron chi connectivity index (χ3n) is 2.02. The van der Waals surface area contributed by atoms with Crippen LogP contribution in [-0.2, 0) is 4.74 Å². The maximum Gasteiger partial charge on any atom is 0.275 e. The van der Waals surface area contributed by atoms with Crippen molar-refractivity contribution in [2.75, 3.05) is 25.1 Å². The number of nitro benzene ring substituents is 1. The summed E-state index contributed by atoms with van der Waals surface area (Å²) in [5, 5.41) is 12.8. The number of hydrogen-bond donors (Lipinski definition) is 1. The highest BCUT2D eigenvalue weighted by Crippen LogP contribution is 2.24. The van der Waals surface area contributed by atoms with Gasteiger partial charge >= 0.3 is 0 Å². The summed E-state index contributed by atoms with van der Waals surface area (Å²) in [6.07, 6.45) is 1.55. The molecule has 0 unspecified atom stereocenters. The molecule has 0 amide bonds. The van der Waals surface area contributed by atoms with Crippen molar-refractivity contribution >= 4 is 11.4 Å². The topological polar surface area (TPSA) is 64.4 Å². The number of ether oxygens (including phenoxy) is 1. The van der Waals surface area contributed by atoms with Gasteiger partial charge in [-0.1, -0.05) is 6.08 Å². The summed E-state index contributed by atoms with van der Waals surface area (Å²) in [6.45, 7) is 4.20. The minimum atomic E-state index is -1.01.